The van der Waals surface area contributed by atoms with Crippen molar-refractivity contribution in [1.82, 2.24) is 20.9 Å². The molecular formula is C24H29ClN4O4. The molecule has 33 heavy (non-hydrogen) atoms. The fraction of sp³-hybridized carbons (Fsp3) is 0.500. The van der Waals surface area contributed by atoms with Crippen LogP contribution in [0.5, 0.6) is 0 Å². The summed E-state index contributed by atoms with van der Waals surface area (Å²) in [5.74, 6) is -0.924. The number of aromatic amines is 1. The number of hydrogen-bond donors (Lipinski definition) is 4. The summed E-state index contributed by atoms with van der Waals surface area (Å²) in [6.45, 7) is 2.32. The predicted octanol–water partition coefficient (Wildman–Crippen LogP) is 2.71. The summed E-state index contributed by atoms with van der Waals surface area (Å²) in [6.07, 6.45) is 3.72. The van der Waals surface area contributed by atoms with Gasteiger partial charge in [-0.3, -0.25) is 19.2 Å². The molecule has 2 fully saturated rings. The van der Waals surface area contributed by atoms with Crippen molar-refractivity contribution in [3.05, 3.63) is 35.0 Å². The molecule has 4 N–H and O–H groups in total. The Morgan fingerprint density at radius 3 is 2.55 bits per heavy atom. The van der Waals surface area contributed by atoms with Crippen molar-refractivity contribution in [2.75, 3.05) is 6.54 Å². The zero-order chi connectivity index (χ0) is 23.5. The van der Waals surface area contributed by atoms with Gasteiger partial charge in [-0.05, 0) is 37.3 Å². The molecule has 176 valence electrons. The largest absolute Gasteiger partial charge is 0.356 e. The van der Waals surface area contributed by atoms with Gasteiger partial charge in [-0.1, -0.05) is 43.5 Å². The molecule has 1 aromatic carbocycles. The predicted molar refractivity (Wildman–Crippen MR) is 125 cm³/mol. The molecule has 0 bridgehead atoms. The Hall–Kier alpha value is -2.87. The summed E-state index contributed by atoms with van der Waals surface area (Å²) in [5.41, 5.74) is 0.978. The number of ketones is 1. The van der Waals surface area contributed by atoms with Gasteiger partial charge in [0.2, 0.25) is 11.8 Å². The summed E-state index contributed by atoms with van der Waals surface area (Å²) >= 11 is 6.20. The number of H-pyrrole nitrogens is 1. The number of para-hydroxylation sites is 1. The molecule has 0 spiro atoms. The molecule has 3 atom stereocenters. The zero-order valence-corrected chi connectivity index (χ0v) is 19.3. The topological polar surface area (TPSA) is 120 Å². The highest BCUT2D eigenvalue weighted by Gasteiger charge is 2.35. The maximum absolute atomic E-state index is 13.2. The van der Waals surface area contributed by atoms with E-state index in [1.54, 1.807) is 25.1 Å². The van der Waals surface area contributed by atoms with Crippen LogP contribution in [0.2, 0.25) is 5.02 Å². The van der Waals surface area contributed by atoms with Crippen LogP contribution >= 0.6 is 11.6 Å². The van der Waals surface area contributed by atoms with E-state index in [0.717, 1.165) is 18.2 Å². The van der Waals surface area contributed by atoms with Gasteiger partial charge in [-0.2, -0.15) is 0 Å². The number of fused-ring (bicyclic) bond motifs is 1. The molecule has 2 aromatic rings. The van der Waals surface area contributed by atoms with E-state index in [1.165, 1.54) is 0 Å². The molecule has 9 heteroatoms. The number of nitrogens with one attached hydrogen (secondary N) is 4. The van der Waals surface area contributed by atoms with Crippen molar-refractivity contribution in [3.63, 3.8) is 0 Å². The zero-order valence-electron chi connectivity index (χ0n) is 18.6. The Kier molecular flexibility index (Phi) is 7.02. The van der Waals surface area contributed by atoms with Crippen LogP contribution in [0.1, 0.15) is 55.9 Å². The first kappa shape index (κ1) is 23.3. The number of carbonyl (C=O) groups is 4. The number of amides is 3. The van der Waals surface area contributed by atoms with Crippen LogP contribution in [0.4, 0.5) is 0 Å². The minimum absolute atomic E-state index is 0.0848. The number of hydrogen-bond acceptors (Lipinski definition) is 4. The van der Waals surface area contributed by atoms with Crippen LogP contribution in [0.15, 0.2) is 24.3 Å². The van der Waals surface area contributed by atoms with Gasteiger partial charge in [0, 0.05) is 24.3 Å². The normalized spacial score (nSPS) is 19.7. The second kappa shape index (κ2) is 9.95. The van der Waals surface area contributed by atoms with Crippen molar-refractivity contribution in [1.29, 1.82) is 0 Å². The summed E-state index contributed by atoms with van der Waals surface area (Å²) in [5, 5.41) is 9.74. The average molecular weight is 473 g/mol. The van der Waals surface area contributed by atoms with Crippen LogP contribution in [0.25, 0.3) is 10.9 Å². The Balaban J connectivity index is 1.47. The Labute approximate surface area is 197 Å². The molecule has 2 aliphatic rings. The summed E-state index contributed by atoms with van der Waals surface area (Å²) in [6, 6.07) is 5.58. The molecule has 2 heterocycles. The van der Waals surface area contributed by atoms with Gasteiger partial charge in [-0.15, -0.1) is 0 Å². The van der Waals surface area contributed by atoms with Crippen molar-refractivity contribution < 1.29 is 19.2 Å². The number of halogens is 1. The maximum Gasteiger partial charge on any atom is 0.268 e. The molecule has 0 radical (unpaired) electrons. The van der Waals surface area contributed by atoms with Gasteiger partial charge in [0.1, 0.15) is 11.7 Å². The molecule has 1 saturated heterocycles. The van der Waals surface area contributed by atoms with E-state index in [0.29, 0.717) is 41.5 Å². The lowest BCUT2D eigenvalue weighted by Gasteiger charge is -2.24. The van der Waals surface area contributed by atoms with Crippen LogP contribution in [0, 0.1) is 11.8 Å². The van der Waals surface area contributed by atoms with E-state index in [-0.39, 0.29) is 30.4 Å². The van der Waals surface area contributed by atoms with Crippen molar-refractivity contribution in [2.24, 2.45) is 11.8 Å². The lowest BCUT2D eigenvalue weighted by Crippen LogP contribution is -2.52. The second-order valence-corrected chi connectivity index (χ2v) is 9.39. The smallest absolute Gasteiger partial charge is 0.268 e. The van der Waals surface area contributed by atoms with Crippen molar-refractivity contribution in [3.8, 4) is 0 Å². The molecule has 1 aliphatic carbocycles. The third-order valence-corrected chi connectivity index (χ3v) is 6.79. The van der Waals surface area contributed by atoms with Gasteiger partial charge in [-0.25, -0.2) is 0 Å². The van der Waals surface area contributed by atoms with Crippen LogP contribution < -0.4 is 16.0 Å². The van der Waals surface area contributed by atoms with E-state index in [4.69, 9.17) is 11.6 Å². The first-order valence-corrected chi connectivity index (χ1v) is 11.9. The highest BCUT2D eigenvalue weighted by atomic mass is 35.5. The number of benzene rings is 1. The summed E-state index contributed by atoms with van der Waals surface area (Å²) in [4.78, 5) is 53.7. The molecule has 1 aromatic heterocycles. The van der Waals surface area contributed by atoms with E-state index in [2.05, 4.69) is 20.9 Å². The van der Waals surface area contributed by atoms with E-state index >= 15 is 0 Å². The molecule has 0 unspecified atom stereocenters. The molecule has 8 nitrogen and oxygen atoms in total. The monoisotopic (exact) mass is 472 g/mol. The van der Waals surface area contributed by atoms with Gasteiger partial charge < -0.3 is 20.9 Å². The van der Waals surface area contributed by atoms with E-state index in [1.807, 2.05) is 6.07 Å². The quantitative estimate of drug-likeness (QED) is 0.425. The van der Waals surface area contributed by atoms with Gasteiger partial charge in [0.25, 0.3) is 5.91 Å². The molecule has 3 amide bonds. The fourth-order valence-electron chi connectivity index (χ4n) is 4.34. The number of Topliss-reactive ketones (excluding diaryl/α,β-unsaturated/α-hetero) is 1. The van der Waals surface area contributed by atoms with Crippen molar-refractivity contribution >= 4 is 46.0 Å². The number of rotatable bonds is 10. The Bertz CT molecular complexity index is 1080. The lowest BCUT2D eigenvalue weighted by atomic mass is 9.94. The van der Waals surface area contributed by atoms with Crippen LogP contribution in [-0.4, -0.2) is 47.1 Å². The van der Waals surface area contributed by atoms with E-state index < -0.39 is 23.9 Å². The SMILES string of the molecule is CCC(=O)[C@H](C[C@@H]1CCNC1=O)NC(=O)[C@H](CC1CC1)NC(=O)c1cc2cccc(Cl)c2[nH]1. The van der Waals surface area contributed by atoms with Gasteiger partial charge in [0.15, 0.2) is 5.78 Å². The Morgan fingerprint density at radius 2 is 1.91 bits per heavy atom. The minimum Gasteiger partial charge on any atom is -0.356 e. The molecule has 1 saturated carbocycles. The standard InChI is InChI=1S/C24H29ClN4O4/c1-2-20(30)17(12-15-8-9-26-22(15)31)28-23(32)18(10-13-6-7-13)29-24(33)19-11-14-4-3-5-16(25)21(14)27-19/h3-5,11,13,15,17-18,27H,2,6-10,12H2,1H3,(H,26,31)(H,28,32)(H,29,33)/t15-,17-,18-/m0/s1. The highest BCUT2D eigenvalue weighted by molar-refractivity contribution is 6.35. The van der Waals surface area contributed by atoms with E-state index in [9.17, 15) is 19.2 Å². The van der Waals surface area contributed by atoms with Crippen LogP contribution in [0.3, 0.4) is 0 Å². The average Bonchev–Trinajstić information content (AvgIpc) is 3.35. The number of carbonyl (C=O) groups excluding carboxylic acids is 4. The highest BCUT2D eigenvalue weighted by Crippen LogP contribution is 2.34. The van der Waals surface area contributed by atoms with Crippen LogP contribution in [-0.2, 0) is 14.4 Å². The Morgan fingerprint density at radius 1 is 1.12 bits per heavy atom. The minimum atomic E-state index is -0.767. The summed E-state index contributed by atoms with van der Waals surface area (Å²) in [7, 11) is 0. The third-order valence-electron chi connectivity index (χ3n) is 6.47. The fourth-order valence-corrected chi connectivity index (χ4v) is 4.57. The lowest BCUT2D eigenvalue weighted by molar-refractivity contribution is -0.130. The maximum atomic E-state index is 13.2. The number of aromatic nitrogens is 1. The van der Waals surface area contributed by atoms with Crippen molar-refractivity contribution in [2.45, 2.75) is 57.5 Å². The molecule has 4 rings (SSSR count). The van der Waals surface area contributed by atoms with Gasteiger partial charge in [0.05, 0.1) is 16.6 Å². The second-order valence-electron chi connectivity index (χ2n) is 8.99. The molecule has 1 aliphatic heterocycles. The summed E-state index contributed by atoms with van der Waals surface area (Å²) < 4.78 is 0. The van der Waals surface area contributed by atoms with Gasteiger partial charge >= 0.3 is 0 Å². The first-order valence-electron chi connectivity index (χ1n) is 11.5. The first-order chi connectivity index (χ1) is 15.9. The third kappa shape index (κ3) is 5.55. The molecular weight excluding hydrogens is 444 g/mol.